The normalized spacial score (nSPS) is 13.6. The molecule has 4 heterocycles. The Bertz CT molecular complexity index is 1390. The lowest BCUT2D eigenvalue weighted by atomic mass is 9.79. The van der Waals surface area contributed by atoms with Crippen LogP contribution >= 0.6 is 0 Å². The van der Waals surface area contributed by atoms with Crippen molar-refractivity contribution in [2.24, 2.45) is 5.73 Å². The van der Waals surface area contributed by atoms with E-state index in [0.717, 1.165) is 29.8 Å². The second-order valence-corrected chi connectivity index (χ2v) is 8.29. The van der Waals surface area contributed by atoms with E-state index in [1.165, 1.54) is 4.52 Å². The summed E-state index contributed by atoms with van der Waals surface area (Å²) in [7, 11) is 0.518. The fraction of sp³-hybridized carbons (Fsp3) is 0.227. The van der Waals surface area contributed by atoms with Gasteiger partial charge in [0.2, 0.25) is 0 Å². The number of nitrogens with two attached hydrogens (primary N) is 1. The molecule has 0 atom stereocenters. The minimum absolute atomic E-state index is 0.222. The first-order valence-corrected chi connectivity index (χ1v) is 10.8. The number of aromatic nitrogens is 5. The van der Waals surface area contributed by atoms with Crippen LogP contribution in [0.4, 0.5) is 5.82 Å². The number of pyridine rings is 1. The minimum Gasteiger partial charge on any atom is -0.423 e. The Kier molecular flexibility index (Phi) is 5.69. The molecular weight excluding hydrogens is 435 g/mol. The van der Waals surface area contributed by atoms with Gasteiger partial charge in [-0.25, -0.2) is 14.5 Å². The molecular formula is C22H23BN8O3. The summed E-state index contributed by atoms with van der Waals surface area (Å²) in [6.07, 6.45) is 0.758. The Morgan fingerprint density at radius 3 is 2.82 bits per heavy atom. The van der Waals surface area contributed by atoms with Crippen LogP contribution in [0.2, 0.25) is 0 Å². The first kappa shape index (κ1) is 22.0. The number of likely N-dealkylation sites (N-methyl/N-ethyl adjacent to an activating group) is 1. The molecule has 0 fully saturated rings. The number of hydrogen-bond donors (Lipinski definition) is 4. The van der Waals surface area contributed by atoms with Crippen LogP contribution in [0.25, 0.3) is 17.0 Å². The van der Waals surface area contributed by atoms with Gasteiger partial charge < -0.3 is 26.0 Å². The summed E-state index contributed by atoms with van der Waals surface area (Å²) in [4.78, 5) is 23.6. The number of hydrogen-bond acceptors (Lipinski definition) is 9. The van der Waals surface area contributed by atoms with Crippen molar-refractivity contribution in [3.8, 4) is 11.5 Å². The van der Waals surface area contributed by atoms with Gasteiger partial charge in [0.05, 0.1) is 11.2 Å². The first-order valence-electron chi connectivity index (χ1n) is 10.8. The van der Waals surface area contributed by atoms with Crippen LogP contribution in [-0.4, -0.2) is 66.4 Å². The van der Waals surface area contributed by atoms with Gasteiger partial charge >= 0.3 is 7.12 Å². The number of carbonyl (C=O) groups excluding carboxylic acids is 1. The molecule has 0 bridgehead atoms. The van der Waals surface area contributed by atoms with E-state index in [1.54, 1.807) is 36.4 Å². The smallest absolute Gasteiger partial charge is 0.423 e. The molecule has 5 N–H and O–H groups in total. The molecule has 11 nitrogen and oxygen atoms in total. The molecule has 5 rings (SSSR count). The predicted molar refractivity (Wildman–Crippen MR) is 126 cm³/mol. The lowest BCUT2D eigenvalue weighted by Gasteiger charge is -2.26. The van der Waals surface area contributed by atoms with E-state index < -0.39 is 13.0 Å². The van der Waals surface area contributed by atoms with E-state index >= 15 is 0 Å². The lowest BCUT2D eigenvalue weighted by Crippen LogP contribution is -2.30. The maximum absolute atomic E-state index is 11.8. The standard InChI is InChI=1S/C22H23BN8O3/c1-30-9-8-16-15(12-30)21(25-11-13-4-2-5-14(10-13)23(33)34)27-22(26-16)19-17-6-3-7-18(20(24)32)31(17)29-28-19/h2-7,10,33-34H,8-9,11-12H2,1H3,(H2,24,32)(H,25,26,27). The van der Waals surface area contributed by atoms with E-state index in [-0.39, 0.29) is 5.69 Å². The topological polar surface area (TPSA) is 155 Å². The van der Waals surface area contributed by atoms with E-state index in [1.807, 2.05) is 13.1 Å². The molecule has 1 aromatic carbocycles. The van der Waals surface area contributed by atoms with Crippen LogP contribution in [0.5, 0.6) is 0 Å². The second-order valence-electron chi connectivity index (χ2n) is 8.29. The van der Waals surface area contributed by atoms with Crippen molar-refractivity contribution in [1.82, 2.24) is 29.7 Å². The molecule has 1 aliphatic rings. The quantitative estimate of drug-likeness (QED) is 0.282. The Morgan fingerprint density at radius 1 is 1.21 bits per heavy atom. The molecule has 0 aliphatic carbocycles. The molecule has 172 valence electrons. The molecule has 0 spiro atoms. The zero-order valence-corrected chi connectivity index (χ0v) is 18.5. The Balaban J connectivity index is 1.55. The van der Waals surface area contributed by atoms with Gasteiger partial charge in [-0.2, -0.15) is 0 Å². The van der Waals surface area contributed by atoms with Crippen molar-refractivity contribution in [2.75, 3.05) is 18.9 Å². The summed E-state index contributed by atoms with van der Waals surface area (Å²) in [6, 6.07) is 12.2. The van der Waals surface area contributed by atoms with Crippen LogP contribution in [0.3, 0.4) is 0 Å². The molecule has 0 unspecified atom stereocenters. The van der Waals surface area contributed by atoms with Crippen LogP contribution < -0.4 is 16.5 Å². The van der Waals surface area contributed by atoms with Gasteiger partial charge in [0, 0.05) is 31.6 Å². The van der Waals surface area contributed by atoms with Crippen molar-refractivity contribution in [1.29, 1.82) is 0 Å². The minimum atomic E-state index is -1.53. The van der Waals surface area contributed by atoms with E-state index in [4.69, 9.17) is 15.7 Å². The third-order valence-electron chi connectivity index (χ3n) is 5.87. The van der Waals surface area contributed by atoms with Crippen LogP contribution in [0.15, 0.2) is 42.5 Å². The van der Waals surface area contributed by atoms with Gasteiger partial charge in [0.1, 0.15) is 11.5 Å². The molecule has 1 aliphatic heterocycles. The fourth-order valence-corrected chi connectivity index (χ4v) is 4.11. The molecule has 4 aromatic rings. The van der Waals surface area contributed by atoms with Crippen molar-refractivity contribution >= 4 is 29.8 Å². The molecule has 34 heavy (non-hydrogen) atoms. The third-order valence-corrected chi connectivity index (χ3v) is 5.87. The van der Waals surface area contributed by atoms with E-state index in [2.05, 4.69) is 20.5 Å². The van der Waals surface area contributed by atoms with E-state index in [9.17, 15) is 14.8 Å². The fourth-order valence-electron chi connectivity index (χ4n) is 4.11. The molecule has 0 radical (unpaired) electrons. The second kappa shape index (κ2) is 8.82. The average molecular weight is 458 g/mol. The highest BCUT2D eigenvalue weighted by Crippen LogP contribution is 2.28. The lowest BCUT2D eigenvalue weighted by molar-refractivity contribution is 0.0993. The number of nitrogens with one attached hydrogen (secondary N) is 1. The van der Waals surface area contributed by atoms with Gasteiger partial charge in [-0.05, 0) is 30.2 Å². The number of amides is 1. The number of benzene rings is 1. The summed E-state index contributed by atoms with van der Waals surface area (Å²) < 4.78 is 1.40. The van der Waals surface area contributed by atoms with Gasteiger partial charge in [-0.3, -0.25) is 4.79 Å². The maximum atomic E-state index is 11.8. The monoisotopic (exact) mass is 458 g/mol. The van der Waals surface area contributed by atoms with Crippen LogP contribution in [-0.2, 0) is 19.5 Å². The highest BCUT2D eigenvalue weighted by atomic mass is 16.4. The third kappa shape index (κ3) is 4.09. The Hall–Kier alpha value is -3.87. The van der Waals surface area contributed by atoms with Crippen molar-refractivity contribution in [3.05, 3.63) is 65.0 Å². The SMILES string of the molecule is CN1CCc2nc(-c3nnn4c(C(N)=O)cccc34)nc(NCc3cccc(B(O)O)c3)c2C1. The molecule has 0 saturated heterocycles. The number of rotatable bonds is 6. The van der Waals surface area contributed by atoms with Crippen LogP contribution in [0, 0.1) is 0 Å². The summed E-state index contributed by atoms with van der Waals surface area (Å²) in [5.74, 6) is 0.477. The van der Waals surface area contributed by atoms with Crippen molar-refractivity contribution < 1.29 is 14.8 Å². The largest absolute Gasteiger partial charge is 0.488 e. The number of fused-ring (bicyclic) bond motifs is 2. The molecule has 12 heteroatoms. The van der Waals surface area contributed by atoms with Gasteiger partial charge in [-0.1, -0.05) is 35.5 Å². The highest BCUT2D eigenvalue weighted by Gasteiger charge is 2.23. The average Bonchev–Trinajstić information content (AvgIpc) is 3.27. The summed E-state index contributed by atoms with van der Waals surface area (Å²) in [5, 5.41) is 30.7. The maximum Gasteiger partial charge on any atom is 0.488 e. The molecule has 3 aromatic heterocycles. The zero-order chi connectivity index (χ0) is 23.8. The van der Waals surface area contributed by atoms with E-state index in [0.29, 0.717) is 41.4 Å². The van der Waals surface area contributed by atoms with Gasteiger partial charge in [0.25, 0.3) is 5.91 Å². The van der Waals surface area contributed by atoms with Crippen LogP contribution in [0.1, 0.15) is 27.3 Å². The number of primary amides is 1. The van der Waals surface area contributed by atoms with Gasteiger partial charge in [0.15, 0.2) is 11.5 Å². The number of nitrogens with zero attached hydrogens (tertiary/aromatic N) is 6. The van der Waals surface area contributed by atoms with Crippen molar-refractivity contribution in [3.63, 3.8) is 0 Å². The Morgan fingerprint density at radius 2 is 2.03 bits per heavy atom. The summed E-state index contributed by atoms with van der Waals surface area (Å²) in [6.45, 7) is 2.00. The number of anilines is 1. The zero-order valence-electron chi connectivity index (χ0n) is 18.5. The molecule has 1 amide bonds. The van der Waals surface area contributed by atoms with Gasteiger partial charge in [-0.15, -0.1) is 5.10 Å². The summed E-state index contributed by atoms with van der Waals surface area (Å²) in [5.41, 5.74) is 9.97. The Labute approximate surface area is 195 Å². The van der Waals surface area contributed by atoms with Crippen molar-refractivity contribution in [2.45, 2.75) is 19.5 Å². The number of carbonyl (C=O) groups is 1. The first-order chi connectivity index (χ1) is 16.4. The highest BCUT2D eigenvalue weighted by molar-refractivity contribution is 6.58. The summed E-state index contributed by atoms with van der Waals surface area (Å²) >= 11 is 0. The molecule has 0 saturated carbocycles. The predicted octanol–water partition coefficient (Wildman–Crippen LogP) is -0.435.